The van der Waals surface area contributed by atoms with Crippen LogP contribution in [0.4, 0.5) is 20.6 Å². The molecule has 0 unspecified atom stereocenters. The quantitative estimate of drug-likeness (QED) is 0.227. The highest BCUT2D eigenvalue weighted by Gasteiger charge is 2.62. The molecule has 5 atom stereocenters. The van der Waals surface area contributed by atoms with Gasteiger partial charge in [0, 0.05) is 30.5 Å². The van der Waals surface area contributed by atoms with Crippen molar-refractivity contribution in [1.29, 1.82) is 0 Å². The van der Waals surface area contributed by atoms with Crippen LogP contribution in [0.2, 0.25) is 0 Å². The number of ether oxygens (including phenoxy) is 1. The third-order valence-corrected chi connectivity index (χ3v) is 12.8. The Morgan fingerprint density at radius 1 is 1.02 bits per heavy atom. The second-order valence-electron chi connectivity index (χ2n) is 15.4. The van der Waals surface area contributed by atoms with Gasteiger partial charge in [0.05, 0.1) is 18.3 Å². The number of benzene rings is 1. The molecular formula is C37H45FN6O9S. The number of halogens is 1. The van der Waals surface area contributed by atoms with E-state index < -0.39 is 85.4 Å². The van der Waals surface area contributed by atoms with Gasteiger partial charge in [-0.3, -0.25) is 33.6 Å². The van der Waals surface area contributed by atoms with Crippen molar-refractivity contribution in [3.63, 3.8) is 0 Å². The lowest BCUT2D eigenvalue weighted by Crippen LogP contribution is -2.57. The van der Waals surface area contributed by atoms with E-state index in [0.29, 0.717) is 43.2 Å². The van der Waals surface area contributed by atoms with E-state index in [0.717, 1.165) is 6.42 Å². The van der Waals surface area contributed by atoms with Gasteiger partial charge in [0.2, 0.25) is 21.8 Å². The second-order valence-corrected chi connectivity index (χ2v) is 17.4. The number of hydrogen-bond acceptors (Lipinski definition) is 11. The molecule has 7 rings (SSSR count). The van der Waals surface area contributed by atoms with Crippen molar-refractivity contribution in [2.45, 2.75) is 120 Å². The summed E-state index contributed by atoms with van der Waals surface area (Å²) in [5.74, 6) is -3.11. The van der Waals surface area contributed by atoms with Crippen LogP contribution < -0.4 is 31.5 Å². The lowest BCUT2D eigenvalue weighted by Gasteiger charge is -2.31. The standard InChI is InChI=1S/C37H45FN6O9S/c1-20(2)39-29-30(32(46)31(29)45)40-27-12-7-5-3-4-6-10-22-16-37(22,35(49)42-54(51,52)24-13-14-24)41-33(47)28-15-23(18-44(28)34(27)48)53-36(50)43-17-21-9-8-11-26(38)25(21)19-43/h6,8-11,20,22-24,27-28,39-40H,3-5,7,12-19H2,1-2H3,(H,41,47)(H,42,49)/b10-6-/t22-,23-,27+,28+,37-/m1/s1. The largest absolute Gasteiger partial charge is 0.444 e. The van der Waals surface area contributed by atoms with Crippen LogP contribution in [-0.4, -0.2) is 83.6 Å². The molecule has 3 fully saturated rings. The number of rotatable bonds is 8. The van der Waals surface area contributed by atoms with Gasteiger partial charge in [0.25, 0.3) is 16.8 Å². The number of carbonyl (C=O) groups excluding carboxylic acids is 4. The minimum absolute atomic E-state index is 0.0168. The molecule has 2 aromatic carbocycles. The summed E-state index contributed by atoms with van der Waals surface area (Å²) in [7, 11) is -3.94. The van der Waals surface area contributed by atoms with Gasteiger partial charge >= 0.3 is 6.09 Å². The number of carbonyl (C=O) groups is 4. The van der Waals surface area contributed by atoms with Gasteiger partial charge in [-0.2, -0.15) is 0 Å². The first kappa shape index (κ1) is 37.5. The molecule has 4 N–H and O–H groups in total. The monoisotopic (exact) mass is 768 g/mol. The van der Waals surface area contributed by atoms with E-state index in [4.69, 9.17) is 4.74 Å². The number of anilines is 2. The fraction of sp³-hybridized carbons (Fsp3) is 0.568. The fourth-order valence-corrected chi connectivity index (χ4v) is 9.07. The molecule has 4 amide bonds. The first-order valence-corrected chi connectivity index (χ1v) is 20.2. The van der Waals surface area contributed by atoms with Gasteiger partial charge in [-0.1, -0.05) is 37.1 Å². The Kier molecular flexibility index (Phi) is 10.0. The average molecular weight is 769 g/mol. The zero-order chi connectivity index (χ0) is 38.5. The Balaban J connectivity index is 1.16. The highest BCUT2D eigenvalue weighted by atomic mass is 32.2. The molecule has 17 heteroatoms. The Labute approximate surface area is 311 Å². The van der Waals surface area contributed by atoms with E-state index >= 15 is 0 Å². The SMILES string of the molecule is CC(C)Nc1c(N[C@H]2CCCCC/C=C\[C@@H]3C[C@@]3(C(=O)NS(=O)(=O)C3CC3)NC(=O)[C@@H]3C[C@@H](OC(=O)N4Cc5cccc(F)c5C4)CN3C2=O)c(=O)c1=O. The molecule has 0 aromatic heterocycles. The smallest absolute Gasteiger partial charge is 0.410 e. The first-order chi connectivity index (χ1) is 25.7. The van der Waals surface area contributed by atoms with Crippen LogP contribution in [0.5, 0.6) is 0 Å². The number of sulfonamides is 1. The van der Waals surface area contributed by atoms with Crippen molar-refractivity contribution in [2.75, 3.05) is 17.2 Å². The maximum Gasteiger partial charge on any atom is 0.410 e. The number of allylic oxidation sites excluding steroid dienone is 1. The molecule has 2 saturated carbocycles. The molecule has 54 heavy (non-hydrogen) atoms. The molecule has 1 saturated heterocycles. The van der Waals surface area contributed by atoms with E-state index in [2.05, 4.69) is 20.7 Å². The topological polar surface area (TPSA) is 200 Å². The van der Waals surface area contributed by atoms with Crippen molar-refractivity contribution >= 4 is 45.2 Å². The zero-order valence-electron chi connectivity index (χ0n) is 30.2. The molecule has 0 radical (unpaired) electrons. The first-order valence-electron chi connectivity index (χ1n) is 18.6. The Hall–Kier alpha value is -4.80. The minimum atomic E-state index is -3.94. The molecule has 290 valence electrons. The molecule has 0 spiro atoms. The van der Waals surface area contributed by atoms with Crippen LogP contribution in [-0.2, 0) is 42.2 Å². The molecule has 3 aliphatic heterocycles. The summed E-state index contributed by atoms with van der Waals surface area (Å²) in [5.41, 5.74) is -1.99. The number of nitrogens with zero attached hydrogens (tertiary/aromatic N) is 2. The minimum Gasteiger partial charge on any atom is -0.444 e. The lowest BCUT2D eigenvalue weighted by molar-refractivity contribution is -0.140. The normalized spacial score (nSPS) is 27.9. The van der Waals surface area contributed by atoms with E-state index in [9.17, 15) is 41.6 Å². The van der Waals surface area contributed by atoms with Gasteiger partial charge in [0.15, 0.2) is 0 Å². The molecular weight excluding hydrogens is 724 g/mol. The Bertz CT molecular complexity index is 2080. The summed E-state index contributed by atoms with van der Waals surface area (Å²) in [5, 5.41) is 8.06. The summed E-state index contributed by atoms with van der Waals surface area (Å²) >= 11 is 0. The molecule has 5 aliphatic rings. The summed E-state index contributed by atoms with van der Waals surface area (Å²) < 4.78 is 48.0. The van der Waals surface area contributed by atoms with Gasteiger partial charge in [-0.15, -0.1) is 0 Å². The van der Waals surface area contributed by atoms with Gasteiger partial charge in [-0.25, -0.2) is 17.6 Å². The maximum absolute atomic E-state index is 14.5. The van der Waals surface area contributed by atoms with E-state index in [1.165, 1.54) is 15.9 Å². The fourth-order valence-electron chi connectivity index (χ4n) is 7.70. The number of fused-ring (bicyclic) bond motifs is 3. The highest BCUT2D eigenvalue weighted by Crippen LogP contribution is 2.46. The van der Waals surface area contributed by atoms with E-state index in [1.807, 2.05) is 12.2 Å². The van der Waals surface area contributed by atoms with Gasteiger partial charge < -0.3 is 25.6 Å². The average Bonchev–Trinajstić information content (AvgIpc) is 4.01. The predicted molar refractivity (Wildman–Crippen MR) is 195 cm³/mol. The lowest BCUT2D eigenvalue weighted by atomic mass is 10.0. The van der Waals surface area contributed by atoms with Crippen LogP contribution in [0.15, 0.2) is 39.9 Å². The molecule has 15 nitrogen and oxygen atoms in total. The van der Waals surface area contributed by atoms with Crippen LogP contribution >= 0.6 is 0 Å². The van der Waals surface area contributed by atoms with Crippen LogP contribution in [0.3, 0.4) is 0 Å². The highest BCUT2D eigenvalue weighted by molar-refractivity contribution is 7.91. The number of nitrogens with one attached hydrogen (secondary N) is 4. The molecule has 3 heterocycles. The van der Waals surface area contributed by atoms with Crippen molar-refractivity contribution in [1.82, 2.24) is 19.8 Å². The third kappa shape index (κ3) is 7.33. The van der Waals surface area contributed by atoms with E-state index in [1.54, 1.807) is 26.0 Å². The molecule has 0 bridgehead atoms. The van der Waals surface area contributed by atoms with Crippen LogP contribution in [0, 0.1) is 11.7 Å². The van der Waals surface area contributed by atoms with Crippen LogP contribution in [0.25, 0.3) is 0 Å². The Morgan fingerprint density at radius 3 is 2.50 bits per heavy atom. The zero-order valence-corrected chi connectivity index (χ0v) is 31.0. The Morgan fingerprint density at radius 2 is 1.78 bits per heavy atom. The molecule has 2 aromatic rings. The van der Waals surface area contributed by atoms with Crippen molar-refractivity contribution in [2.24, 2.45) is 5.92 Å². The maximum atomic E-state index is 14.5. The van der Waals surface area contributed by atoms with Crippen molar-refractivity contribution < 1.29 is 36.7 Å². The molecule has 2 aliphatic carbocycles. The summed E-state index contributed by atoms with van der Waals surface area (Å²) in [6, 6.07) is 2.10. The summed E-state index contributed by atoms with van der Waals surface area (Å²) in [6.45, 7) is 3.49. The van der Waals surface area contributed by atoms with E-state index in [-0.39, 0.29) is 56.3 Å². The van der Waals surface area contributed by atoms with Gasteiger partial charge in [0.1, 0.15) is 40.9 Å². The second kappa shape index (κ2) is 14.5. The van der Waals surface area contributed by atoms with Crippen molar-refractivity contribution in [3.8, 4) is 0 Å². The predicted octanol–water partition coefficient (Wildman–Crippen LogP) is 2.15. The third-order valence-electron chi connectivity index (χ3n) is 11.0. The van der Waals surface area contributed by atoms with Gasteiger partial charge in [-0.05, 0) is 64.0 Å². The summed E-state index contributed by atoms with van der Waals surface area (Å²) in [6.07, 6.45) is 5.72. The number of hydrogen-bond donors (Lipinski definition) is 4. The number of amides is 4. The van der Waals surface area contributed by atoms with Crippen LogP contribution in [0.1, 0.15) is 82.8 Å². The van der Waals surface area contributed by atoms with Crippen molar-refractivity contribution in [3.05, 3.63) is 67.7 Å². The summed E-state index contributed by atoms with van der Waals surface area (Å²) in [4.78, 5) is 83.6.